The summed E-state index contributed by atoms with van der Waals surface area (Å²) in [7, 11) is 1.68. The van der Waals surface area contributed by atoms with Crippen LogP contribution >= 0.6 is 15.9 Å². The first kappa shape index (κ1) is 24.3. The number of piperidine rings is 1. The van der Waals surface area contributed by atoms with Crippen LogP contribution in [0, 0.1) is 17.2 Å². The number of hydrogen-bond acceptors (Lipinski definition) is 5. The maximum atomic E-state index is 12.9. The first-order valence-corrected chi connectivity index (χ1v) is 12.6. The van der Waals surface area contributed by atoms with Crippen LogP contribution in [0.4, 0.5) is 5.69 Å². The molecule has 0 unspecified atom stereocenters. The van der Waals surface area contributed by atoms with Gasteiger partial charge < -0.3 is 14.2 Å². The zero-order chi connectivity index (χ0) is 24.6. The first-order valence-electron chi connectivity index (χ1n) is 11.8. The Morgan fingerprint density at radius 1 is 1.24 bits per heavy atom. The minimum absolute atomic E-state index is 0.0596. The van der Waals surface area contributed by atoms with E-state index in [1.807, 2.05) is 12.1 Å². The lowest BCUT2D eigenvalue weighted by Crippen LogP contribution is -2.45. The molecule has 4 rings (SSSR count). The van der Waals surface area contributed by atoms with Crippen molar-refractivity contribution in [2.24, 2.45) is 13.0 Å². The van der Waals surface area contributed by atoms with Crippen LogP contribution < -0.4 is 15.2 Å². The molecule has 7 heteroatoms. The third kappa shape index (κ3) is 4.44. The Morgan fingerprint density at radius 3 is 2.56 bits per heavy atom. The lowest BCUT2D eigenvalue weighted by Gasteiger charge is -2.38. The van der Waals surface area contributed by atoms with Crippen molar-refractivity contribution in [1.29, 1.82) is 5.26 Å². The molecule has 34 heavy (non-hydrogen) atoms. The summed E-state index contributed by atoms with van der Waals surface area (Å²) in [6.45, 7) is 10.2. The predicted octanol–water partition coefficient (Wildman–Crippen LogP) is 5.55. The molecule has 1 aliphatic rings. The number of hydrogen-bond donors (Lipinski definition) is 0. The average molecular weight is 523 g/mol. The molecule has 0 saturated carbocycles. The largest absolute Gasteiger partial charge is 0.490 e. The van der Waals surface area contributed by atoms with Gasteiger partial charge in [0.1, 0.15) is 33.6 Å². The lowest BCUT2D eigenvalue weighted by atomic mass is 9.82. The maximum Gasteiger partial charge on any atom is 0.270 e. The third-order valence-corrected chi connectivity index (χ3v) is 7.68. The Morgan fingerprint density at radius 2 is 1.94 bits per heavy atom. The molecule has 0 radical (unpaired) electrons. The minimum atomic E-state index is -0.296. The summed E-state index contributed by atoms with van der Waals surface area (Å²) in [5, 5.41) is 9.84. The number of nitrogens with zero attached hydrogens (tertiary/aromatic N) is 4. The predicted molar refractivity (Wildman–Crippen MR) is 140 cm³/mol. The Balaban J connectivity index is 1.59. The number of benzene rings is 1. The van der Waals surface area contributed by atoms with Crippen molar-refractivity contribution in [2.45, 2.75) is 52.1 Å². The molecule has 1 fully saturated rings. The second kappa shape index (κ2) is 9.42. The lowest BCUT2D eigenvalue weighted by molar-refractivity contribution is 0.121. The highest BCUT2D eigenvalue weighted by atomic mass is 79.9. The van der Waals surface area contributed by atoms with Gasteiger partial charge in [0.2, 0.25) is 0 Å². The molecular weight excluding hydrogens is 492 g/mol. The molecule has 1 saturated heterocycles. The van der Waals surface area contributed by atoms with Crippen LogP contribution in [-0.2, 0) is 12.5 Å². The fourth-order valence-electron chi connectivity index (χ4n) is 4.64. The molecule has 3 aromatic rings. The topological polar surface area (TPSA) is 71.2 Å². The third-order valence-electron chi connectivity index (χ3n) is 7.24. The Labute approximate surface area is 209 Å². The number of aryl methyl sites for hydroxylation is 1. The monoisotopic (exact) mass is 522 g/mol. The fraction of sp³-hybridized carbons (Fsp3) is 0.444. The highest BCUT2D eigenvalue weighted by Crippen LogP contribution is 2.33. The van der Waals surface area contributed by atoms with E-state index in [0.717, 1.165) is 18.6 Å². The van der Waals surface area contributed by atoms with E-state index in [4.69, 9.17) is 4.74 Å². The molecule has 6 nitrogen and oxygen atoms in total. The molecule has 1 aromatic carbocycles. The van der Waals surface area contributed by atoms with Crippen molar-refractivity contribution in [2.75, 3.05) is 18.0 Å². The smallest absolute Gasteiger partial charge is 0.270 e. The quantitative estimate of drug-likeness (QED) is 0.410. The number of aromatic nitrogens is 2. The average Bonchev–Trinajstić information content (AvgIpc) is 2.82. The Bertz CT molecular complexity index is 1310. The van der Waals surface area contributed by atoms with E-state index in [1.54, 1.807) is 7.05 Å². The van der Waals surface area contributed by atoms with Crippen molar-refractivity contribution in [1.82, 2.24) is 9.55 Å². The number of ether oxygens (including phenoxy) is 1. The van der Waals surface area contributed by atoms with Gasteiger partial charge in [0.25, 0.3) is 5.56 Å². The molecule has 0 bridgehead atoms. The summed E-state index contributed by atoms with van der Waals surface area (Å²) >= 11 is 3.44. The van der Waals surface area contributed by atoms with E-state index in [2.05, 4.69) is 83.8 Å². The number of fused-ring (bicyclic) bond motifs is 1. The SMILES string of the molecule is CCC(C)(C)c1ccc(O[C@@H]2CCN(c3c(C#N)c(=O)n(C)c4ccc(Br)nc34)C[C@H]2C)cc1. The zero-order valence-corrected chi connectivity index (χ0v) is 22.0. The molecule has 1 aliphatic heterocycles. The van der Waals surface area contributed by atoms with Gasteiger partial charge in [-0.15, -0.1) is 0 Å². The van der Waals surface area contributed by atoms with Crippen molar-refractivity contribution in [3.05, 3.63) is 62.5 Å². The summed E-state index contributed by atoms with van der Waals surface area (Å²) in [5.41, 5.74) is 3.30. The molecule has 3 heterocycles. The van der Waals surface area contributed by atoms with Crippen LogP contribution in [0.15, 0.2) is 45.8 Å². The number of halogens is 1. The number of pyridine rings is 2. The van der Waals surface area contributed by atoms with E-state index in [1.165, 1.54) is 10.1 Å². The van der Waals surface area contributed by atoms with Crippen molar-refractivity contribution in [3.8, 4) is 11.8 Å². The second-order valence-corrected chi connectivity index (χ2v) is 10.6. The van der Waals surface area contributed by atoms with Gasteiger partial charge in [0, 0.05) is 32.5 Å². The van der Waals surface area contributed by atoms with Gasteiger partial charge in [-0.25, -0.2) is 4.98 Å². The van der Waals surface area contributed by atoms with Gasteiger partial charge in [0.15, 0.2) is 0 Å². The minimum Gasteiger partial charge on any atom is -0.490 e. The Hall–Kier alpha value is -2.85. The summed E-state index contributed by atoms with van der Waals surface area (Å²) < 4.78 is 8.55. The molecule has 0 amide bonds. The molecule has 0 spiro atoms. The molecular formula is C27H31BrN4O2. The summed E-state index contributed by atoms with van der Waals surface area (Å²) in [5.74, 6) is 1.08. The highest BCUT2D eigenvalue weighted by Gasteiger charge is 2.31. The number of rotatable bonds is 5. The molecule has 178 valence electrons. The van der Waals surface area contributed by atoms with Gasteiger partial charge in [0.05, 0.1) is 11.2 Å². The summed E-state index contributed by atoms with van der Waals surface area (Å²) in [4.78, 5) is 19.7. The molecule has 2 atom stereocenters. The summed E-state index contributed by atoms with van der Waals surface area (Å²) in [6, 6.07) is 14.3. The highest BCUT2D eigenvalue weighted by molar-refractivity contribution is 9.10. The van der Waals surface area contributed by atoms with Crippen LogP contribution in [0.1, 0.15) is 51.7 Å². The maximum absolute atomic E-state index is 12.9. The van der Waals surface area contributed by atoms with Gasteiger partial charge in [-0.2, -0.15) is 5.26 Å². The van der Waals surface area contributed by atoms with Crippen molar-refractivity contribution in [3.63, 3.8) is 0 Å². The molecule has 0 aliphatic carbocycles. The van der Waals surface area contributed by atoms with E-state index in [-0.39, 0.29) is 28.6 Å². The molecule has 0 N–H and O–H groups in total. The number of anilines is 1. The number of nitriles is 1. The molecule has 2 aromatic heterocycles. The zero-order valence-electron chi connectivity index (χ0n) is 20.4. The van der Waals surface area contributed by atoms with Crippen LogP contribution in [-0.4, -0.2) is 28.7 Å². The van der Waals surface area contributed by atoms with Gasteiger partial charge in [-0.05, 0) is 57.6 Å². The standard InChI is InChI=1S/C27H31BrN4O2/c1-6-27(3,4)18-7-9-19(10-8-18)34-22-13-14-32(16-17(22)2)25-20(15-29)26(33)31(5)21-11-12-23(28)30-24(21)25/h7-12,17,22H,6,13-14,16H2,1-5H3/t17-,22-/m1/s1. The van der Waals surface area contributed by atoms with Crippen LogP contribution in [0.5, 0.6) is 5.75 Å². The Kier molecular flexibility index (Phi) is 6.73. The van der Waals surface area contributed by atoms with E-state index in [0.29, 0.717) is 34.4 Å². The van der Waals surface area contributed by atoms with Crippen LogP contribution in [0.3, 0.4) is 0 Å². The van der Waals surface area contributed by atoms with Crippen LogP contribution in [0.2, 0.25) is 0 Å². The normalized spacial score (nSPS) is 18.7. The van der Waals surface area contributed by atoms with Gasteiger partial charge in [-0.3, -0.25) is 4.79 Å². The van der Waals surface area contributed by atoms with E-state index >= 15 is 0 Å². The van der Waals surface area contributed by atoms with Crippen molar-refractivity contribution < 1.29 is 4.74 Å². The van der Waals surface area contributed by atoms with Gasteiger partial charge in [-0.1, -0.05) is 39.8 Å². The van der Waals surface area contributed by atoms with Gasteiger partial charge >= 0.3 is 0 Å². The fourth-order valence-corrected chi connectivity index (χ4v) is 4.95. The first-order chi connectivity index (χ1) is 16.2. The summed E-state index contributed by atoms with van der Waals surface area (Å²) in [6.07, 6.45) is 1.93. The van der Waals surface area contributed by atoms with Crippen LogP contribution in [0.25, 0.3) is 11.0 Å². The second-order valence-electron chi connectivity index (χ2n) is 9.83. The van der Waals surface area contributed by atoms with Crippen molar-refractivity contribution >= 4 is 32.7 Å². The van der Waals surface area contributed by atoms with E-state index in [9.17, 15) is 10.1 Å². The van der Waals surface area contributed by atoms with E-state index < -0.39 is 0 Å².